The number of methoxy groups -OCH3 is 1. The van der Waals surface area contributed by atoms with Crippen LogP contribution in [0.4, 0.5) is 0 Å². The second-order valence-electron chi connectivity index (χ2n) is 3.95. The molecule has 1 N–H and O–H groups in total. The lowest BCUT2D eigenvalue weighted by Crippen LogP contribution is -2.05. The lowest BCUT2D eigenvalue weighted by Gasteiger charge is -2.12. The molecule has 1 unspecified atom stereocenters. The van der Waals surface area contributed by atoms with Gasteiger partial charge in [-0.25, -0.2) is 0 Å². The molecule has 19 heavy (non-hydrogen) atoms. The predicted octanol–water partition coefficient (Wildman–Crippen LogP) is 3.62. The quantitative estimate of drug-likeness (QED) is 0.815. The van der Waals surface area contributed by atoms with Crippen molar-refractivity contribution >= 4 is 27.3 Å². The third-order valence-corrected chi connectivity index (χ3v) is 4.17. The minimum atomic E-state index is -0.593. The van der Waals surface area contributed by atoms with E-state index < -0.39 is 6.10 Å². The van der Waals surface area contributed by atoms with E-state index in [0.29, 0.717) is 13.2 Å². The summed E-state index contributed by atoms with van der Waals surface area (Å²) in [6.45, 7) is 1.05. The van der Waals surface area contributed by atoms with E-state index in [-0.39, 0.29) is 0 Å². The Morgan fingerprint density at radius 1 is 1.32 bits per heavy atom. The number of benzene rings is 1. The number of ether oxygens (including phenoxy) is 2. The number of halogens is 1. The van der Waals surface area contributed by atoms with Crippen molar-refractivity contribution in [1.82, 2.24) is 0 Å². The maximum atomic E-state index is 10.2. The number of thiophene rings is 1. The molecule has 0 aliphatic carbocycles. The summed E-state index contributed by atoms with van der Waals surface area (Å²) in [5, 5.41) is 12.2. The Balaban J connectivity index is 2.10. The van der Waals surface area contributed by atoms with Crippen molar-refractivity contribution in [2.75, 3.05) is 20.3 Å². The average molecular weight is 343 g/mol. The zero-order chi connectivity index (χ0) is 13.7. The van der Waals surface area contributed by atoms with Crippen molar-refractivity contribution in [3.63, 3.8) is 0 Å². The van der Waals surface area contributed by atoms with Crippen LogP contribution in [0, 0.1) is 0 Å². The van der Waals surface area contributed by atoms with Gasteiger partial charge < -0.3 is 14.6 Å². The van der Waals surface area contributed by atoms with Gasteiger partial charge in [-0.15, -0.1) is 11.3 Å². The van der Waals surface area contributed by atoms with Crippen LogP contribution in [0.25, 0.3) is 0 Å². The molecule has 0 aliphatic rings. The van der Waals surface area contributed by atoms with Crippen LogP contribution in [0.2, 0.25) is 0 Å². The van der Waals surface area contributed by atoms with E-state index in [0.717, 1.165) is 20.7 Å². The Kier molecular flexibility index (Phi) is 5.39. The molecule has 3 nitrogen and oxygen atoms in total. The number of hydrogen-bond acceptors (Lipinski definition) is 4. The maximum absolute atomic E-state index is 10.2. The molecule has 2 aromatic rings. The molecule has 0 bridgehead atoms. The largest absolute Gasteiger partial charge is 0.490 e. The van der Waals surface area contributed by atoms with Gasteiger partial charge in [0, 0.05) is 12.0 Å². The maximum Gasteiger partial charge on any atom is 0.133 e. The first-order chi connectivity index (χ1) is 9.22. The molecular formula is C14H15BrO3S. The van der Waals surface area contributed by atoms with E-state index in [1.807, 2.05) is 35.7 Å². The van der Waals surface area contributed by atoms with E-state index in [1.54, 1.807) is 7.11 Å². The minimum absolute atomic E-state index is 0.502. The molecule has 2 rings (SSSR count). The van der Waals surface area contributed by atoms with Crippen LogP contribution in [-0.2, 0) is 4.74 Å². The molecule has 102 valence electrons. The van der Waals surface area contributed by atoms with Gasteiger partial charge in [0.25, 0.3) is 0 Å². The predicted molar refractivity (Wildman–Crippen MR) is 79.9 cm³/mol. The summed E-state index contributed by atoms with van der Waals surface area (Å²) >= 11 is 5.00. The molecular weight excluding hydrogens is 328 g/mol. The molecule has 5 heteroatoms. The summed E-state index contributed by atoms with van der Waals surface area (Å²) in [7, 11) is 1.64. The van der Waals surface area contributed by atoms with E-state index in [9.17, 15) is 5.11 Å². The molecule has 0 radical (unpaired) electrons. The zero-order valence-electron chi connectivity index (χ0n) is 10.5. The standard InChI is InChI=1S/C14H15BrO3S/c1-17-6-7-18-12-5-4-10(9-11(12)15)14(16)13-3-2-8-19-13/h2-5,8-9,14,16H,6-7H2,1H3. The first kappa shape index (κ1) is 14.5. The normalized spacial score (nSPS) is 12.4. The SMILES string of the molecule is COCCOc1ccc(C(O)c2cccs2)cc1Br. The molecule has 1 aromatic heterocycles. The van der Waals surface area contributed by atoms with Gasteiger partial charge in [0.2, 0.25) is 0 Å². The molecule has 0 saturated carbocycles. The fourth-order valence-corrected chi connectivity index (χ4v) is 2.90. The average Bonchev–Trinajstić information content (AvgIpc) is 2.94. The van der Waals surface area contributed by atoms with Crippen molar-refractivity contribution in [1.29, 1.82) is 0 Å². The summed E-state index contributed by atoms with van der Waals surface area (Å²) in [4.78, 5) is 0.931. The summed E-state index contributed by atoms with van der Waals surface area (Å²) in [5.74, 6) is 0.749. The highest BCUT2D eigenvalue weighted by molar-refractivity contribution is 9.10. The highest BCUT2D eigenvalue weighted by atomic mass is 79.9. The molecule has 0 fully saturated rings. The first-order valence-corrected chi connectivity index (χ1v) is 7.52. The van der Waals surface area contributed by atoms with Gasteiger partial charge in [0.15, 0.2) is 0 Å². The van der Waals surface area contributed by atoms with E-state index >= 15 is 0 Å². The second-order valence-corrected chi connectivity index (χ2v) is 5.78. The van der Waals surface area contributed by atoms with Gasteiger partial charge in [-0.3, -0.25) is 0 Å². The number of aliphatic hydroxyl groups is 1. The Labute approximate surface area is 124 Å². The van der Waals surface area contributed by atoms with Crippen molar-refractivity contribution in [3.05, 3.63) is 50.6 Å². The first-order valence-electron chi connectivity index (χ1n) is 5.85. The van der Waals surface area contributed by atoms with Crippen molar-refractivity contribution in [2.45, 2.75) is 6.10 Å². The Hall–Kier alpha value is -0.880. The topological polar surface area (TPSA) is 38.7 Å². The third-order valence-electron chi connectivity index (χ3n) is 2.63. The summed E-state index contributed by atoms with van der Waals surface area (Å²) in [6, 6.07) is 9.46. The summed E-state index contributed by atoms with van der Waals surface area (Å²) < 4.78 is 11.3. The molecule has 0 saturated heterocycles. The summed E-state index contributed by atoms with van der Waals surface area (Å²) in [5.41, 5.74) is 0.841. The Bertz CT molecular complexity index is 513. The van der Waals surface area contributed by atoms with Gasteiger partial charge in [0.05, 0.1) is 11.1 Å². The van der Waals surface area contributed by atoms with Crippen LogP contribution in [0.3, 0.4) is 0 Å². The Morgan fingerprint density at radius 3 is 2.79 bits per heavy atom. The smallest absolute Gasteiger partial charge is 0.133 e. The molecule has 0 amide bonds. The number of aliphatic hydroxyl groups excluding tert-OH is 1. The van der Waals surface area contributed by atoms with Crippen molar-refractivity contribution in [3.8, 4) is 5.75 Å². The molecule has 1 heterocycles. The van der Waals surface area contributed by atoms with Crippen LogP contribution >= 0.6 is 27.3 Å². The molecule has 1 aromatic carbocycles. The fraction of sp³-hybridized carbons (Fsp3) is 0.286. The molecule has 1 atom stereocenters. The minimum Gasteiger partial charge on any atom is -0.490 e. The lowest BCUT2D eigenvalue weighted by atomic mass is 10.1. The van der Waals surface area contributed by atoms with Gasteiger partial charge in [-0.05, 0) is 45.1 Å². The van der Waals surface area contributed by atoms with E-state index in [2.05, 4.69) is 15.9 Å². The monoisotopic (exact) mass is 342 g/mol. The highest BCUT2D eigenvalue weighted by Crippen LogP contribution is 2.32. The van der Waals surface area contributed by atoms with Crippen LogP contribution in [0.1, 0.15) is 16.5 Å². The van der Waals surface area contributed by atoms with Crippen LogP contribution in [0.5, 0.6) is 5.75 Å². The second kappa shape index (κ2) is 7.05. The van der Waals surface area contributed by atoms with E-state index in [1.165, 1.54) is 11.3 Å². The lowest BCUT2D eigenvalue weighted by molar-refractivity contribution is 0.146. The van der Waals surface area contributed by atoms with Gasteiger partial charge in [-0.1, -0.05) is 12.1 Å². The highest BCUT2D eigenvalue weighted by Gasteiger charge is 2.13. The fourth-order valence-electron chi connectivity index (χ4n) is 1.65. The zero-order valence-corrected chi connectivity index (χ0v) is 12.9. The Morgan fingerprint density at radius 2 is 2.16 bits per heavy atom. The van der Waals surface area contributed by atoms with Crippen LogP contribution in [0.15, 0.2) is 40.2 Å². The van der Waals surface area contributed by atoms with Gasteiger partial charge >= 0.3 is 0 Å². The summed E-state index contributed by atoms with van der Waals surface area (Å²) in [6.07, 6.45) is -0.593. The number of rotatable bonds is 6. The molecule has 0 aliphatic heterocycles. The van der Waals surface area contributed by atoms with Crippen molar-refractivity contribution in [2.24, 2.45) is 0 Å². The molecule has 0 spiro atoms. The van der Waals surface area contributed by atoms with Gasteiger partial charge in [-0.2, -0.15) is 0 Å². The van der Waals surface area contributed by atoms with Crippen molar-refractivity contribution < 1.29 is 14.6 Å². The number of hydrogen-bond donors (Lipinski definition) is 1. The third kappa shape index (κ3) is 3.79. The van der Waals surface area contributed by atoms with Crippen LogP contribution in [-0.4, -0.2) is 25.4 Å². The van der Waals surface area contributed by atoms with Crippen LogP contribution < -0.4 is 4.74 Å². The van der Waals surface area contributed by atoms with E-state index in [4.69, 9.17) is 9.47 Å². The van der Waals surface area contributed by atoms with Gasteiger partial charge in [0.1, 0.15) is 18.5 Å².